The van der Waals surface area contributed by atoms with E-state index in [1.807, 2.05) is 17.0 Å². The fourth-order valence-electron chi connectivity index (χ4n) is 2.07. The van der Waals surface area contributed by atoms with Gasteiger partial charge in [0, 0.05) is 38.6 Å². The standard InChI is InChI=1S/C14H21N3O2/c1-19-13(9-15)8-14(18)17(12-2-3-12)10-11-4-6-16-7-5-11/h4-7,12-13H,2-3,8-10,15H2,1H3. The van der Waals surface area contributed by atoms with E-state index in [0.717, 1.165) is 18.4 Å². The maximum Gasteiger partial charge on any atom is 0.225 e. The molecule has 0 bridgehead atoms. The van der Waals surface area contributed by atoms with Gasteiger partial charge in [0.2, 0.25) is 5.91 Å². The van der Waals surface area contributed by atoms with Crippen LogP contribution in [-0.4, -0.2) is 41.6 Å². The average molecular weight is 263 g/mol. The summed E-state index contributed by atoms with van der Waals surface area (Å²) in [6.07, 6.45) is 5.86. The van der Waals surface area contributed by atoms with Crippen molar-refractivity contribution < 1.29 is 9.53 Å². The molecule has 1 fully saturated rings. The molecule has 1 aromatic rings. The Morgan fingerprint density at radius 3 is 2.74 bits per heavy atom. The topological polar surface area (TPSA) is 68.5 Å². The van der Waals surface area contributed by atoms with E-state index in [0.29, 0.717) is 25.6 Å². The summed E-state index contributed by atoms with van der Waals surface area (Å²) >= 11 is 0. The highest BCUT2D eigenvalue weighted by atomic mass is 16.5. The molecule has 1 saturated carbocycles. The lowest BCUT2D eigenvalue weighted by Gasteiger charge is -2.24. The predicted octanol–water partition coefficient (Wildman–Crippen LogP) is 0.936. The number of nitrogens with zero attached hydrogens (tertiary/aromatic N) is 2. The fraction of sp³-hybridized carbons (Fsp3) is 0.571. The molecular weight excluding hydrogens is 242 g/mol. The van der Waals surface area contributed by atoms with Crippen molar-refractivity contribution in [3.63, 3.8) is 0 Å². The first kappa shape index (κ1) is 14.0. The zero-order chi connectivity index (χ0) is 13.7. The summed E-state index contributed by atoms with van der Waals surface area (Å²) in [6.45, 7) is 1.02. The molecule has 2 N–H and O–H groups in total. The first-order valence-electron chi connectivity index (χ1n) is 6.65. The minimum Gasteiger partial charge on any atom is -0.380 e. The van der Waals surface area contributed by atoms with Gasteiger partial charge in [-0.1, -0.05) is 0 Å². The van der Waals surface area contributed by atoms with Crippen LogP contribution in [0.4, 0.5) is 0 Å². The van der Waals surface area contributed by atoms with E-state index < -0.39 is 0 Å². The number of carbonyl (C=O) groups excluding carboxylic acids is 1. The number of rotatable bonds is 7. The van der Waals surface area contributed by atoms with Crippen LogP contribution < -0.4 is 5.73 Å². The Morgan fingerprint density at radius 1 is 1.53 bits per heavy atom. The van der Waals surface area contributed by atoms with Gasteiger partial charge in [-0.15, -0.1) is 0 Å². The largest absolute Gasteiger partial charge is 0.380 e. The van der Waals surface area contributed by atoms with Crippen LogP contribution in [0.5, 0.6) is 0 Å². The number of nitrogens with two attached hydrogens (primary N) is 1. The van der Waals surface area contributed by atoms with E-state index in [1.54, 1.807) is 19.5 Å². The normalized spacial score (nSPS) is 16.1. The second-order valence-electron chi connectivity index (χ2n) is 4.91. The van der Waals surface area contributed by atoms with Crippen LogP contribution in [0.3, 0.4) is 0 Å². The highest BCUT2D eigenvalue weighted by molar-refractivity contribution is 5.77. The summed E-state index contributed by atoms with van der Waals surface area (Å²) in [4.78, 5) is 18.3. The van der Waals surface area contributed by atoms with Crippen molar-refractivity contribution in [2.24, 2.45) is 5.73 Å². The Balaban J connectivity index is 1.98. The van der Waals surface area contributed by atoms with Crippen molar-refractivity contribution in [1.29, 1.82) is 0 Å². The summed E-state index contributed by atoms with van der Waals surface area (Å²) in [5.74, 6) is 0.122. The van der Waals surface area contributed by atoms with Gasteiger partial charge >= 0.3 is 0 Å². The van der Waals surface area contributed by atoms with Gasteiger partial charge in [-0.3, -0.25) is 9.78 Å². The summed E-state index contributed by atoms with van der Waals surface area (Å²) in [6, 6.07) is 4.27. The van der Waals surface area contributed by atoms with E-state index in [4.69, 9.17) is 10.5 Å². The molecule has 5 heteroatoms. The molecule has 1 amide bonds. The molecule has 0 radical (unpaired) electrons. The third-order valence-electron chi connectivity index (χ3n) is 3.41. The number of methoxy groups -OCH3 is 1. The van der Waals surface area contributed by atoms with Crippen molar-refractivity contribution in [2.75, 3.05) is 13.7 Å². The zero-order valence-electron chi connectivity index (χ0n) is 11.3. The monoisotopic (exact) mass is 263 g/mol. The maximum absolute atomic E-state index is 12.3. The minimum absolute atomic E-state index is 0.122. The maximum atomic E-state index is 12.3. The summed E-state index contributed by atoms with van der Waals surface area (Å²) in [7, 11) is 1.59. The number of pyridine rings is 1. The molecule has 1 aliphatic carbocycles. The number of amides is 1. The molecule has 1 aromatic heterocycles. The number of aromatic nitrogens is 1. The molecule has 0 saturated heterocycles. The highest BCUT2D eigenvalue weighted by Gasteiger charge is 2.33. The predicted molar refractivity (Wildman–Crippen MR) is 72.3 cm³/mol. The van der Waals surface area contributed by atoms with Gasteiger partial charge < -0.3 is 15.4 Å². The van der Waals surface area contributed by atoms with Crippen molar-refractivity contribution >= 4 is 5.91 Å². The third-order valence-corrected chi connectivity index (χ3v) is 3.41. The van der Waals surface area contributed by atoms with Gasteiger partial charge in [0.1, 0.15) is 0 Å². The summed E-state index contributed by atoms with van der Waals surface area (Å²) in [5, 5.41) is 0. The molecule has 104 valence electrons. The molecule has 5 nitrogen and oxygen atoms in total. The molecule has 1 unspecified atom stereocenters. The Kier molecular flexibility index (Phi) is 4.87. The quantitative estimate of drug-likeness (QED) is 0.795. The van der Waals surface area contributed by atoms with Crippen LogP contribution in [0.25, 0.3) is 0 Å². The van der Waals surface area contributed by atoms with Gasteiger partial charge in [-0.05, 0) is 30.5 Å². The molecular formula is C14H21N3O2. The average Bonchev–Trinajstić information content (AvgIpc) is 3.27. The second kappa shape index (κ2) is 6.63. The lowest BCUT2D eigenvalue weighted by Crippen LogP contribution is -2.37. The van der Waals surface area contributed by atoms with Crippen LogP contribution in [0.15, 0.2) is 24.5 Å². The van der Waals surface area contributed by atoms with Crippen molar-refractivity contribution in [3.8, 4) is 0 Å². The van der Waals surface area contributed by atoms with Gasteiger partial charge in [-0.25, -0.2) is 0 Å². The molecule has 0 aliphatic heterocycles. The Morgan fingerprint density at radius 2 is 2.21 bits per heavy atom. The van der Waals surface area contributed by atoms with E-state index >= 15 is 0 Å². The van der Waals surface area contributed by atoms with Crippen LogP contribution in [0.1, 0.15) is 24.8 Å². The third kappa shape index (κ3) is 4.01. The molecule has 1 atom stereocenters. The van der Waals surface area contributed by atoms with Crippen molar-refractivity contribution in [2.45, 2.75) is 38.0 Å². The smallest absolute Gasteiger partial charge is 0.225 e. The molecule has 1 aliphatic rings. The van der Waals surface area contributed by atoms with E-state index in [2.05, 4.69) is 4.98 Å². The van der Waals surface area contributed by atoms with Crippen LogP contribution >= 0.6 is 0 Å². The Hall–Kier alpha value is -1.46. The zero-order valence-corrected chi connectivity index (χ0v) is 11.3. The van der Waals surface area contributed by atoms with Crippen molar-refractivity contribution in [3.05, 3.63) is 30.1 Å². The first-order valence-corrected chi connectivity index (χ1v) is 6.65. The van der Waals surface area contributed by atoms with Gasteiger partial charge in [-0.2, -0.15) is 0 Å². The van der Waals surface area contributed by atoms with Gasteiger partial charge in [0.05, 0.1) is 12.5 Å². The Bertz CT molecular complexity index is 402. The fourth-order valence-corrected chi connectivity index (χ4v) is 2.07. The number of hydrogen-bond acceptors (Lipinski definition) is 4. The summed E-state index contributed by atoms with van der Waals surface area (Å²) in [5.41, 5.74) is 6.68. The number of carbonyl (C=O) groups is 1. The molecule has 2 rings (SSSR count). The van der Waals surface area contributed by atoms with E-state index in [-0.39, 0.29) is 12.0 Å². The minimum atomic E-state index is -0.189. The first-order chi connectivity index (χ1) is 9.24. The molecule has 19 heavy (non-hydrogen) atoms. The SMILES string of the molecule is COC(CN)CC(=O)N(Cc1ccncc1)C1CC1. The Labute approximate surface area is 113 Å². The summed E-state index contributed by atoms with van der Waals surface area (Å²) < 4.78 is 5.19. The second-order valence-corrected chi connectivity index (χ2v) is 4.91. The van der Waals surface area contributed by atoms with Crippen molar-refractivity contribution in [1.82, 2.24) is 9.88 Å². The van der Waals surface area contributed by atoms with Crippen LogP contribution in [-0.2, 0) is 16.1 Å². The molecule has 0 spiro atoms. The van der Waals surface area contributed by atoms with Crippen LogP contribution in [0, 0.1) is 0 Å². The van der Waals surface area contributed by atoms with E-state index in [1.165, 1.54) is 0 Å². The molecule has 1 heterocycles. The van der Waals surface area contributed by atoms with Crippen LogP contribution in [0.2, 0.25) is 0 Å². The highest BCUT2D eigenvalue weighted by Crippen LogP contribution is 2.29. The number of ether oxygens (including phenoxy) is 1. The van der Waals surface area contributed by atoms with Gasteiger partial charge in [0.15, 0.2) is 0 Å². The lowest BCUT2D eigenvalue weighted by atomic mass is 10.2. The van der Waals surface area contributed by atoms with Gasteiger partial charge in [0.25, 0.3) is 0 Å². The molecule has 0 aromatic carbocycles. The van der Waals surface area contributed by atoms with E-state index in [9.17, 15) is 4.79 Å². The lowest BCUT2D eigenvalue weighted by molar-refractivity contribution is -0.134. The number of hydrogen-bond donors (Lipinski definition) is 1.